The molecule has 0 bridgehead atoms. The molecule has 6 heteroatoms. The largest absolute Gasteiger partial charge is 0.368 e. The summed E-state index contributed by atoms with van der Waals surface area (Å²) in [7, 11) is 0. The van der Waals surface area contributed by atoms with Gasteiger partial charge in [-0.2, -0.15) is 0 Å². The van der Waals surface area contributed by atoms with Crippen LogP contribution in [0.3, 0.4) is 0 Å². The molecule has 1 aromatic rings. The Balaban J connectivity index is 3.01. The van der Waals surface area contributed by atoms with E-state index in [1.54, 1.807) is 0 Å². The van der Waals surface area contributed by atoms with Crippen molar-refractivity contribution >= 4 is 11.8 Å². The van der Waals surface area contributed by atoms with Crippen LogP contribution in [-0.2, 0) is 4.79 Å². The van der Waals surface area contributed by atoms with E-state index in [1.807, 2.05) is 0 Å². The van der Waals surface area contributed by atoms with Gasteiger partial charge in [-0.25, -0.2) is 4.39 Å². The van der Waals surface area contributed by atoms with Crippen LogP contribution in [0.25, 0.3) is 0 Å². The maximum Gasteiger partial charge on any atom is 0.253 e. The third-order valence-electron chi connectivity index (χ3n) is 1.97. The van der Waals surface area contributed by atoms with E-state index in [1.165, 1.54) is 12.1 Å². The van der Waals surface area contributed by atoms with Gasteiger partial charge >= 0.3 is 0 Å². The monoisotopic (exact) mass is 249 g/mol. The zero-order valence-electron chi connectivity index (χ0n) is 9.50. The van der Waals surface area contributed by atoms with E-state index < -0.39 is 17.6 Å². The highest BCUT2D eigenvalue weighted by Gasteiger charge is 2.11. The molecule has 0 aliphatic rings. The van der Waals surface area contributed by atoms with E-state index in [9.17, 15) is 14.0 Å². The van der Waals surface area contributed by atoms with Gasteiger partial charge in [0.05, 0.1) is 18.7 Å². The van der Waals surface area contributed by atoms with Gasteiger partial charge in [-0.15, -0.1) is 0 Å². The van der Waals surface area contributed by atoms with Crippen LogP contribution < -0.4 is 16.8 Å². The number of benzene rings is 1. The van der Waals surface area contributed by atoms with Crippen molar-refractivity contribution in [2.24, 2.45) is 11.5 Å². The van der Waals surface area contributed by atoms with E-state index in [0.29, 0.717) is 5.56 Å². The van der Waals surface area contributed by atoms with Crippen LogP contribution in [0, 0.1) is 17.7 Å². The lowest BCUT2D eigenvalue weighted by Gasteiger charge is -2.05. The van der Waals surface area contributed by atoms with E-state index >= 15 is 0 Å². The Hall–Kier alpha value is -2.39. The van der Waals surface area contributed by atoms with Gasteiger partial charge in [0.25, 0.3) is 5.91 Å². The first-order valence-electron chi connectivity index (χ1n) is 5.09. The summed E-state index contributed by atoms with van der Waals surface area (Å²) in [5.74, 6) is 3.34. The topological polar surface area (TPSA) is 98.2 Å². The minimum absolute atomic E-state index is 0.0391. The molecule has 0 unspecified atom stereocenters. The molecule has 0 aliphatic carbocycles. The van der Waals surface area contributed by atoms with Crippen LogP contribution in [-0.4, -0.2) is 24.9 Å². The Labute approximate surface area is 103 Å². The summed E-state index contributed by atoms with van der Waals surface area (Å²) in [5, 5.41) is 2.26. The summed E-state index contributed by atoms with van der Waals surface area (Å²) in [6.07, 6.45) is 0. The molecule has 0 fully saturated rings. The van der Waals surface area contributed by atoms with Crippen LogP contribution in [0.15, 0.2) is 18.2 Å². The molecule has 94 valence electrons. The SMILES string of the molecule is NCC#Cc1ccc(F)cc1C(=O)NCC(N)=O. The van der Waals surface area contributed by atoms with Crippen molar-refractivity contribution in [1.82, 2.24) is 5.32 Å². The fourth-order valence-electron chi connectivity index (χ4n) is 1.22. The van der Waals surface area contributed by atoms with Crippen molar-refractivity contribution in [3.63, 3.8) is 0 Å². The fraction of sp³-hybridized carbons (Fsp3) is 0.167. The molecule has 0 atom stereocenters. The number of hydrogen-bond donors (Lipinski definition) is 3. The Morgan fingerprint density at radius 3 is 2.72 bits per heavy atom. The molecule has 0 aromatic heterocycles. The van der Waals surface area contributed by atoms with Crippen molar-refractivity contribution in [3.8, 4) is 11.8 Å². The first-order valence-corrected chi connectivity index (χ1v) is 5.09. The highest BCUT2D eigenvalue weighted by atomic mass is 19.1. The minimum atomic E-state index is -0.686. The van der Waals surface area contributed by atoms with Crippen molar-refractivity contribution in [2.45, 2.75) is 0 Å². The maximum absolute atomic E-state index is 13.1. The number of rotatable bonds is 3. The van der Waals surface area contributed by atoms with Crippen LogP contribution in [0.4, 0.5) is 4.39 Å². The number of nitrogens with two attached hydrogens (primary N) is 2. The number of nitrogens with one attached hydrogen (secondary N) is 1. The zero-order valence-corrected chi connectivity index (χ0v) is 9.50. The van der Waals surface area contributed by atoms with Gasteiger partial charge in [-0.3, -0.25) is 9.59 Å². The molecule has 0 saturated heterocycles. The normalized spacial score (nSPS) is 9.22. The average Bonchev–Trinajstić information content (AvgIpc) is 2.34. The number of hydrogen-bond acceptors (Lipinski definition) is 3. The molecule has 2 amide bonds. The highest BCUT2D eigenvalue weighted by molar-refractivity contribution is 5.98. The maximum atomic E-state index is 13.1. The van der Waals surface area contributed by atoms with Gasteiger partial charge in [0.1, 0.15) is 5.82 Å². The molecule has 0 heterocycles. The molecular weight excluding hydrogens is 237 g/mol. The minimum Gasteiger partial charge on any atom is -0.368 e. The second-order valence-electron chi connectivity index (χ2n) is 3.34. The lowest BCUT2D eigenvalue weighted by atomic mass is 10.1. The number of halogens is 1. The van der Waals surface area contributed by atoms with Gasteiger partial charge in [0.2, 0.25) is 5.91 Å². The fourth-order valence-corrected chi connectivity index (χ4v) is 1.22. The van der Waals surface area contributed by atoms with Gasteiger partial charge in [-0.1, -0.05) is 11.8 Å². The predicted molar refractivity (Wildman–Crippen MR) is 63.9 cm³/mol. The molecule has 1 rings (SSSR count). The summed E-state index contributed by atoms with van der Waals surface area (Å²) < 4.78 is 13.1. The Morgan fingerprint density at radius 2 is 2.11 bits per heavy atom. The Bertz CT molecular complexity index is 532. The summed E-state index contributed by atoms with van der Waals surface area (Å²) in [6.45, 7) is -0.196. The van der Waals surface area contributed by atoms with Crippen LogP contribution >= 0.6 is 0 Å². The Kier molecular flexibility index (Phi) is 4.84. The van der Waals surface area contributed by atoms with Gasteiger partial charge in [0, 0.05) is 5.56 Å². The van der Waals surface area contributed by atoms with Crippen molar-refractivity contribution in [3.05, 3.63) is 35.1 Å². The summed E-state index contributed by atoms with van der Waals surface area (Å²) in [4.78, 5) is 22.2. The summed E-state index contributed by atoms with van der Waals surface area (Å²) in [6, 6.07) is 3.60. The predicted octanol–water partition coefficient (Wildman–Crippen LogP) is -0.649. The summed E-state index contributed by atoms with van der Waals surface area (Å²) in [5.41, 5.74) is 10.5. The zero-order chi connectivity index (χ0) is 13.5. The van der Waals surface area contributed by atoms with Crippen molar-refractivity contribution < 1.29 is 14.0 Å². The van der Waals surface area contributed by atoms with E-state index in [-0.39, 0.29) is 18.7 Å². The lowest BCUT2D eigenvalue weighted by molar-refractivity contribution is -0.117. The molecule has 5 N–H and O–H groups in total. The van der Waals surface area contributed by atoms with Crippen molar-refractivity contribution in [1.29, 1.82) is 0 Å². The summed E-state index contributed by atoms with van der Waals surface area (Å²) >= 11 is 0. The highest BCUT2D eigenvalue weighted by Crippen LogP contribution is 2.10. The second kappa shape index (κ2) is 6.37. The molecule has 0 aliphatic heterocycles. The van der Waals surface area contributed by atoms with Crippen LogP contribution in [0.1, 0.15) is 15.9 Å². The first-order chi connectivity index (χ1) is 8.54. The molecule has 0 radical (unpaired) electrons. The molecule has 18 heavy (non-hydrogen) atoms. The number of carbonyl (C=O) groups is 2. The Morgan fingerprint density at radius 1 is 1.39 bits per heavy atom. The quantitative estimate of drug-likeness (QED) is 0.621. The van der Waals surface area contributed by atoms with Gasteiger partial charge in [-0.05, 0) is 18.2 Å². The van der Waals surface area contributed by atoms with Crippen LogP contribution in [0.5, 0.6) is 0 Å². The van der Waals surface area contributed by atoms with E-state index in [0.717, 1.165) is 6.07 Å². The van der Waals surface area contributed by atoms with Crippen molar-refractivity contribution in [2.75, 3.05) is 13.1 Å². The smallest absolute Gasteiger partial charge is 0.253 e. The number of primary amides is 1. The molecule has 5 nitrogen and oxygen atoms in total. The molecule has 1 aromatic carbocycles. The third kappa shape index (κ3) is 3.88. The van der Waals surface area contributed by atoms with Gasteiger partial charge in [0.15, 0.2) is 0 Å². The lowest BCUT2D eigenvalue weighted by Crippen LogP contribution is -2.33. The molecule has 0 spiro atoms. The number of amides is 2. The molecule has 0 saturated carbocycles. The van der Waals surface area contributed by atoms with Crippen LogP contribution in [0.2, 0.25) is 0 Å². The third-order valence-corrected chi connectivity index (χ3v) is 1.97. The van der Waals surface area contributed by atoms with E-state index in [2.05, 4.69) is 17.2 Å². The number of carbonyl (C=O) groups excluding carboxylic acids is 2. The van der Waals surface area contributed by atoms with Gasteiger partial charge < -0.3 is 16.8 Å². The van der Waals surface area contributed by atoms with E-state index in [4.69, 9.17) is 11.5 Å². The first kappa shape index (κ1) is 13.7. The molecular formula is C12H12FN3O2. The second-order valence-corrected chi connectivity index (χ2v) is 3.34. The standard InChI is InChI=1S/C12H12FN3O2/c13-9-4-3-8(2-1-5-14)10(6-9)12(18)16-7-11(15)17/h3-4,6H,5,7,14H2,(H2,15,17)(H,16,18). The average molecular weight is 249 g/mol.